The van der Waals surface area contributed by atoms with Crippen molar-refractivity contribution in [1.82, 2.24) is 0 Å². The highest BCUT2D eigenvalue weighted by atomic mass is 19.4. The van der Waals surface area contributed by atoms with Gasteiger partial charge in [0.05, 0.1) is 0 Å². The van der Waals surface area contributed by atoms with Crippen LogP contribution in [-0.2, 0) is 6.42 Å². The number of hydrogen-bond acceptors (Lipinski definition) is 1. The molecule has 0 saturated heterocycles. The number of benzene rings is 1. The van der Waals surface area contributed by atoms with Crippen LogP contribution in [0.25, 0.3) is 0 Å². The van der Waals surface area contributed by atoms with E-state index in [1.165, 1.54) is 0 Å². The van der Waals surface area contributed by atoms with Gasteiger partial charge in [-0.3, -0.25) is 0 Å². The van der Waals surface area contributed by atoms with Crippen LogP contribution >= 0.6 is 0 Å². The number of halogens is 3. The fourth-order valence-electron chi connectivity index (χ4n) is 1.87. The normalized spacial score (nSPS) is 13.9. The molecule has 2 N–H and O–H groups in total. The van der Waals surface area contributed by atoms with Crippen molar-refractivity contribution in [1.29, 1.82) is 0 Å². The molecule has 0 amide bonds. The van der Waals surface area contributed by atoms with Gasteiger partial charge < -0.3 is 5.73 Å². The van der Waals surface area contributed by atoms with Gasteiger partial charge in [-0.05, 0) is 43.9 Å². The van der Waals surface area contributed by atoms with Gasteiger partial charge in [-0.25, -0.2) is 0 Å². The molecule has 90 valence electrons. The second-order valence-corrected chi connectivity index (χ2v) is 4.23. The first-order valence-electron chi connectivity index (χ1n) is 5.11. The SMILES string of the molecule is Cc1cc(C)c(CC(N)C(F)(F)F)c(C)c1. The fraction of sp³-hybridized carbons (Fsp3) is 0.500. The van der Waals surface area contributed by atoms with Gasteiger partial charge >= 0.3 is 6.18 Å². The Morgan fingerprint density at radius 1 is 1.12 bits per heavy atom. The van der Waals surface area contributed by atoms with E-state index in [0.29, 0.717) is 5.56 Å². The molecule has 0 saturated carbocycles. The highest BCUT2D eigenvalue weighted by Crippen LogP contribution is 2.24. The van der Waals surface area contributed by atoms with E-state index < -0.39 is 12.2 Å². The van der Waals surface area contributed by atoms with Crippen LogP contribution in [0.4, 0.5) is 13.2 Å². The van der Waals surface area contributed by atoms with Crippen LogP contribution in [-0.4, -0.2) is 12.2 Å². The van der Waals surface area contributed by atoms with Gasteiger partial charge in [-0.2, -0.15) is 13.2 Å². The molecule has 1 atom stereocenters. The fourth-order valence-corrected chi connectivity index (χ4v) is 1.87. The third-order valence-corrected chi connectivity index (χ3v) is 2.68. The van der Waals surface area contributed by atoms with Gasteiger partial charge in [0.1, 0.15) is 6.04 Å². The van der Waals surface area contributed by atoms with Crippen molar-refractivity contribution in [2.45, 2.75) is 39.4 Å². The molecule has 1 unspecified atom stereocenters. The van der Waals surface area contributed by atoms with E-state index in [2.05, 4.69) is 0 Å². The first-order valence-corrected chi connectivity index (χ1v) is 5.11. The van der Waals surface area contributed by atoms with Crippen molar-refractivity contribution in [2.75, 3.05) is 0 Å². The Morgan fingerprint density at radius 3 is 1.94 bits per heavy atom. The van der Waals surface area contributed by atoms with E-state index in [-0.39, 0.29) is 6.42 Å². The maximum absolute atomic E-state index is 12.4. The van der Waals surface area contributed by atoms with E-state index >= 15 is 0 Å². The van der Waals surface area contributed by atoms with E-state index in [0.717, 1.165) is 16.7 Å². The first kappa shape index (κ1) is 13.0. The van der Waals surface area contributed by atoms with Crippen LogP contribution in [0.2, 0.25) is 0 Å². The summed E-state index contributed by atoms with van der Waals surface area (Å²) in [7, 11) is 0. The van der Waals surface area contributed by atoms with Crippen LogP contribution in [0, 0.1) is 20.8 Å². The van der Waals surface area contributed by atoms with Crippen LogP contribution in [0.3, 0.4) is 0 Å². The zero-order chi connectivity index (χ0) is 12.5. The van der Waals surface area contributed by atoms with Crippen LogP contribution < -0.4 is 5.73 Å². The Hall–Kier alpha value is -1.03. The van der Waals surface area contributed by atoms with Gasteiger partial charge in [0.25, 0.3) is 0 Å². The lowest BCUT2D eigenvalue weighted by atomic mass is 9.94. The van der Waals surface area contributed by atoms with E-state index in [1.54, 1.807) is 0 Å². The topological polar surface area (TPSA) is 26.0 Å². The summed E-state index contributed by atoms with van der Waals surface area (Å²) in [4.78, 5) is 0. The molecule has 1 aromatic rings. The molecule has 0 bridgehead atoms. The zero-order valence-electron chi connectivity index (χ0n) is 9.65. The van der Waals surface area contributed by atoms with Crippen molar-refractivity contribution in [3.8, 4) is 0 Å². The Bertz CT molecular complexity index is 359. The van der Waals surface area contributed by atoms with Gasteiger partial charge in [0, 0.05) is 0 Å². The van der Waals surface area contributed by atoms with Crippen molar-refractivity contribution in [3.05, 3.63) is 34.4 Å². The first-order chi connectivity index (χ1) is 7.21. The molecule has 0 aromatic heterocycles. The van der Waals surface area contributed by atoms with Crippen LogP contribution in [0.5, 0.6) is 0 Å². The lowest BCUT2D eigenvalue weighted by Crippen LogP contribution is -2.39. The maximum Gasteiger partial charge on any atom is 0.403 e. The lowest BCUT2D eigenvalue weighted by molar-refractivity contribution is -0.147. The molecule has 0 aliphatic rings. The van der Waals surface area contributed by atoms with E-state index in [9.17, 15) is 13.2 Å². The molecule has 1 rings (SSSR count). The minimum absolute atomic E-state index is 0.151. The van der Waals surface area contributed by atoms with Crippen molar-refractivity contribution < 1.29 is 13.2 Å². The molecular weight excluding hydrogens is 215 g/mol. The number of hydrogen-bond donors (Lipinski definition) is 1. The summed E-state index contributed by atoms with van der Waals surface area (Å²) in [5.74, 6) is 0. The Balaban J connectivity index is 2.98. The molecule has 1 aromatic carbocycles. The zero-order valence-corrected chi connectivity index (χ0v) is 9.65. The van der Waals surface area contributed by atoms with Gasteiger partial charge in [-0.1, -0.05) is 17.7 Å². The number of alkyl halides is 3. The molecule has 4 heteroatoms. The molecule has 0 spiro atoms. The summed E-state index contributed by atoms with van der Waals surface area (Å²) < 4.78 is 37.1. The average molecular weight is 231 g/mol. The van der Waals surface area contributed by atoms with E-state index in [4.69, 9.17) is 5.73 Å². The van der Waals surface area contributed by atoms with Gasteiger partial charge in [-0.15, -0.1) is 0 Å². The van der Waals surface area contributed by atoms with Crippen LogP contribution in [0.1, 0.15) is 22.3 Å². The van der Waals surface area contributed by atoms with Crippen molar-refractivity contribution in [2.24, 2.45) is 5.73 Å². The quantitative estimate of drug-likeness (QED) is 0.831. The predicted molar refractivity (Wildman–Crippen MR) is 58.4 cm³/mol. The predicted octanol–water partition coefficient (Wildman–Crippen LogP) is 3.04. The lowest BCUT2D eigenvalue weighted by Gasteiger charge is -2.18. The molecule has 1 nitrogen and oxygen atoms in total. The number of aryl methyl sites for hydroxylation is 3. The standard InChI is InChI=1S/C12H16F3N/c1-7-4-8(2)10(9(3)5-7)6-11(16)12(13,14)15/h4-5,11H,6,16H2,1-3H3. The van der Waals surface area contributed by atoms with Crippen molar-refractivity contribution in [3.63, 3.8) is 0 Å². The highest BCUT2D eigenvalue weighted by Gasteiger charge is 2.36. The Labute approximate surface area is 93.5 Å². The molecule has 0 radical (unpaired) electrons. The second kappa shape index (κ2) is 4.45. The smallest absolute Gasteiger partial charge is 0.320 e. The average Bonchev–Trinajstić information content (AvgIpc) is 2.08. The molecule has 0 heterocycles. The minimum Gasteiger partial charge on any atom is -0.320 e. The summed E-state index contributed by atoms with van der Waals surface area (Å²) in [5.41, 5.74) is 8.64. The number of nitrogens with two attached hydrogens (primary N) is 1. The molecule has 0 fully saturated rings. The summed E-state index contributed by atoms with van der Waals surface area (Å²) >= 11 is 0. The summed E-state index contributed by atoms with van der Waals surface area (Å²) in [5, 5.41) is 0. The van der Waals surface area contributed by atoms with E-state index in [1.807, 2.05) is 32.9 Å². The molecule has 16 heavy (non-hydrogen) atoms. The minimum atomic E-state index is -4.33. The number of rotatable bonds is 2. The highest BCUT2D eigenvalue weighted by molar-refractivity contribution is 5.38. The van der Waals surface area contributed by atoms with Gasteiger partial charge in [0.2, 0.25) is 0 Å². The van der Waals surface area contributed by atoms with Crippen molar-refractivity contribution >= 4 is 0 Å². The molecule has 0 aliphatic carbocycles. The van der Waals surface area contributed by atoms with Gasteiger partial charge in [0.15, 0.2) is 0 Å². The Kier molecular flexibility index (Phi) is 3.63. The third kappa shape index (κ3) is 2.98. The summed E-state index contributed by atoms with van der Waals surface area (Å²) in [6.07, 6.45) is -4.48. The largest absolute Gasteiger partial charge is 0.403 e. The third-order valence-electron chi connectivity index (χ3n) is 2.68. The molecular formula is C12H16F3N. The Morgan fingerprint density at radius 2 is 1.56 bits per heavy atom. The van der Waals surface area contributed by atoms with Crippen LogP contribution in [0.15, 0.2) is 12.1 Å². The summed E-state index contributed by atoms with van der Waals surface area (Å²) in [6.45, 7) is 5.56. The summed E-state index contributed by atoms with van der Waals surface area (Å²) in [6, 6.07) is 1.98. The molecule has 0 aliphatic heterocycles. The monoisotopic (exact) mass is 231 g/mol. The second-order valence-electron chi connectivity index (χ2n) is 4.23. The maximum atomic E-state index is 12.4.